The maximum Gasteiger partial charge on any atom is 0.465 e. The number of alkyl halides is 2. The molecular weight excluding hydrogens is 310 g/mol. The minimum absolute atomic E-state index is 0.113. The van der Waals surface area contributed by atoms with Crippen LogP contribution in [0.15, 0.2) is 0 Å². The third kappa shape index (κ3) is 1.34. The Morgan fingerprint density at radius 1 is 1.33 bits per heavy atom. The van der Waals surface area contributed by atoms with E-state index in [2.05, 4.69) is 4.74 Å². The van der Waals surface area contributed by atoms with Crippen molar-refractivity contribution in [2.45, 2.75) is 36.5 Å². The van der Waals surface area contributed by atoms with Gasteiger partial charge in [0.1, 0.15) is 0 Å². The molecule has 0 aromatic heterocycles. The van der Waals surface area contributed by atoms with Crippen LogP contribution in [-0.4, -0.2) is 41.5 Å². The molecule has 0 amide bonds. The highest BCUT2D eigenvalue weighted by molar-refractivity contribution is 7.87. The third-order valence-corrected chi connectivity index (χ3v) is 6.98. The van der Waals surface area contributed by atoms with E-state index >= 15 is 0 Å². The van der Waals surface area contributed by atoms with Crippen molar-refractivity contribution in [1.82, 2.24) is 0 Å². The quantitative estimate of drug-likeness (QED) is 0.579. The van der Waals surface area contributed by atoms with Crippen LogP contribution >= 0.6 is 0 Å². The summed E-state index contributed by atoms with van der Waals surface area (Å²) in [5.74, 6) is -1.72. The van der Waals surface area contributed by atoms with Crippen molar-refractivity contribution in [3.8, 4) is 0 Å². The first-order valence-corrected chi connectivity index (χ1v) is 8.16. The van der Waals surface area contributed by atoms with Crippen molar-refractivity contribution in [1.29, 1.82) is 0 Å². The van der Waals surface area contributed by atoms with E-state index in [4.69, 9.17) is 4.55 Å². The van der Waals surface area contributed by atoms with E-state index in [1.807, 2.05) is 0 Å². The number of ether oxygens (including phenoxy) is 1. The van der Waals surface area contributed by atoms with E-state index in [-0.39, 0.29) is 17.9 Å². The maximum absolute atomic E-state index is 13.1. The molecule has 4 fully saturated rings. The number of esters is 1. The van der Waals surface area contributed by atoms with E-state index < -0.39 is 32.4 Å². The highest BCUT2D eigenvalue weighted by Gasteiger charge is 2.90. The fourth-order valence-corrected chi connectivity index (χ4v) is 5.78. The monoisotopic (exact) mass is 324 g/mol. The van der Waals surface area contributed by atoms with Gasteiger partial charge in [0.25, 0.3) is 0 Å². The summed E-state index contributed by atoms with van der Waals surface area (Å²) >= 11 is 0. The first-order chi connectivity index (χ1) is 9.48. The van der Waals surface area contributed by atoms with Crippen molar-refractivity contribution in [3.05, 3.63) is 0 Å². The maximum atomic E-state index is 13.1. The largest absolute Gasteiger partial charge is 0.465 e. The highest BCUT2D eigenvalue weighted by atomic mass is 32.2. The summed E-state index contributed by atoms with van der Waals surface area (Å²) in [5, 5.41) is 5.19. The van der Waals surface area contributed by atoms with Crippen LogP contribution in [0, 0.1) is 22.7 Å². The van der Waals surface area contributed by atoms with Gasteiger partial charge in [-0.05, 0) is 42.9 Å². The number of rotatable bonds is 4. The Hall–Kier alpha value is -0.800. The average molecular weight is 324 g/mol. The lowest BCUT2D eigenvalue weighted by Crippen LogP contribution is -2.65. The van der Waals surface area contributed by atoms with E-state index in [0.29, 0.717) is 31.6 Å². The van der Waals surface area contributed by atoms with Gasteiger partial charge in [-0.25, -0.2) is 4.79 Å². The number of hydrogen-bond acceptors (Lipinski definition) is 5. The Morgan fingerprint density at radius 2 is 2.00 bits per heavy atom. The lowest BCUT2D eigenvalue weighted by molar-refractivity contribution is -0.241. The van der Waals surface area contributed by atoms with Crippen molar-refractivity contribution in [2.24, 2.45) is 22.7 Å². The molecule has 118 valence electrons. The molecule has 1 spiro atoms. The van der Waals surface area contributed by atoms with E-state index in [9.17, 15) is 27.1 Å². The van der Waals surface area contributed by atoms with Crippen LogP contribution in [0.2, 0.25) is 0 Å². The molecule has 0 aromatic carbocycles. The molecule has 0 aromatic rings. The van der Waals surface area contributed by atoms with Gasteiger partial charge in [0.15, 0.2) is 0 Å². The van der Waals surface area contributed by atoms with Gasteiger partial charge in [-0.2, -0.15) is 17.2 Å². The summed E-state index contributed by atoms with van der Waals surface area (Å²) in [7, 11) is -5.83. The number of hydrogen-bond donors (Lipinski definition) is 2. The van der Waals surface area contributed by atoms with Crippen LogP contribution in [0.1, 0.15) is 25.7 Å². The lowest BCUT2D eigenvalue weighted by atomic mass is 9.45. The molecule has 4 unspecified atom stereocenters. The lowest BCUT2D eigenvalue weighted by Gasteiger charge is -2.63. The van der Waals surface area contributed by atoms with Crippen LogP contribution < -0.4 is 0 Å². The van der Waals surface area contributed by atoms with Crippen molar-refractivity contribution in [2.75, 3.05) is 6.61 Å². The summed E-state index contributed by atoms with van der Waals surface area (Å²) in [6.07, 6.45) is 2.74. The Bertz CT molecular complexity index is 663. The first-order valence-electron chi connectivity index (χ1n) is 6.72. The fraction of sp³-hybridized carbons (Fsp3) is 0.917. The van der Waals surface area contributed by atoms with Crippen LogP contribution in [0.4, 0.5) is 8.78 Å². The number of carbonyl (C=O) groups is 1. The SMILES string of the molecule is O=C(OCC12CC3CC4(O)CC1(C2)[C@@H]34)C(F)(F)S(=O)(=O)O. The van der Waals surface area contributed by atoms with Crippen molar-refractivity contribution >= 4 is 16.1 Å². The molecule has 6 nitrogen and oxygen atoms in total. The second-order valence-corrected chi connectivity index (χ2v) is 8.57. The summed E-state index contributed by atoms with van der Waals surface area (Å²) in [4.78, 5) is 11.2. The molecule has 4 saturated carbocycles. The van der Waals surface area contributed by atoms with E-state index in [0.717, 1.165) is 0 Å². The summed E-state index contributed by atoms with van der Waals surface area (Å²) in [5.41, 5.74) is -1.13. The molecule has 2 N–H and O–H groups in total. The van der Waals surface area contributed by atoms with Crippen LogP contribution in [0.25, 0.3) is 0 Å². The second-order valence-electron chi connectivity index (χ2n) is 7.11. The smallest absolute Gasteiger partial charge is 0.460 e. The molecule has 0 radical (unpaired) electrons. The van der Waals surface area contributed by atoms with Crippen LogP contribution in [0.5, 0.6) is 0 Å². The van der Waals surface area contributed by atoms with Crippen LogP contribution in [-0.2, 0) is 19.6 Å². The molecular formula is C12H14F2O6S. The second kappa shape index (κ2) is 3.26. The van der Waals surface area contributed by atoms with E-state index in [1.165, 1.54) is 0 Å². The predicted molar refractivity (Wildman–Crippen MR) is 62.7 cm³/mol. The van der Waals surface area contributed by atoms with Crippen molar-refractivity contribution < 1.29 is 36.4 Å². The zero-order valence-corrected chi connectivity index (χ0v) is 11.7. The standard InChI is InChI=1S/C12H14F2O6S/c13-12(14,21(17,18)19)8(15)20-5-9-1-6-2-11(16)4-10(9,3-9)7(6)11/h6-7,16H,1-5H2,(H,17,18,19)/t6?,7-,9?,10?,11?/m1/s1. The van der Waals surface area contributed by atoms with E-state index in [1.54, 1.807) is 0 Å². The topological polar surface area (TPSA) is 101 Å². The third-order valence-electron chi connectivity index (χ3n) is 6.16. The fourth-order valence-electron chi connectivity index (χ4n) is 5.51. The minimum Gasteiger partial charge on any atom is -0.460 e. The van der Waals surface area contributed by atoms with Gasteiger partial charge in [-0.15, -0.1) is 0 Å². The number of carbonyl (C=O) groups excluding carboxylic acids is 1. The number of aliphatic hydroxyl groups is 1. The number of halogens is 2. The van der Waals surface area contributed by atoms with Gasteiger partial charge in [0, 0.05) is 5.41 Å². The van der Waals surface area contributed by atoms with Gasteiger partial charge >= 0.3 is 21.3 Å². The van der Waals surface area contributed by atoms with Gasteiger partial charge in [-0.3, -0.25) is 4.55 Å². The molecule has 4 aliphatic carbocycles. The molecule has 5 atom stereocenters. The van der Waals surface area contributed by atoms with Gasteiger partial charge < -0.3 is 9.84 Å². The molecule has 9 heteroatoms. The molecule has 21 heavy (non-hydrogen) atoms. The molecule has 0 bridgehead atoms. The molecule has 4 rings (SSSR count). The zero-order valence-electron chi connectivity index (χ0n) is 10.9. The highest BCUT2D eigenvalue weighted by Crippen LogP contribution is 2.92. The predicted octanol–water partition coefficient (Wildman–Crippen LogP) is 0.561. The molecule has 0 saturated heterocycles. The normalized spacial score (nSPS) is 49.5. The summed E-state index contributed by atoms with van der Waals surface area (Å²) in [6, 6.07) is 0. The van der Waals surface area contributed by atoms with Crippen LogP contribution in [0.3, 0.4) is 0 Å². The summed E-state index contributed by atoms with van der Waals surface area (Å²) in [6.45, 7) is -0.278. The molecule has 0 aliphatic heterocycles. The average Bonchev–Trinajstić information content (AvgIpc) is 2.88. The van der Waals surface area contributed by atoms with Gasteiger partial charge in [0.05, 0.1) is 12.2 Å². The Morgan fingerprint density at radius 3 is 2.52 bits per heavy atom. The van der Waals surface area contributed by atoms with Crippen molar-refractivity contribution in [3.63, 3.8) is 0 Å². The zero-order chi connectivity index (χ0) is 15.5. The summed E-state index contributed by atoms with van der Waals surface area (Å²) < 4.78 is 60.0. The van der Waals surface area contributed by atoms with Gasteiger partial charge in [-0.1, -0.05) is 0 Å². The Labute approximate surface area is 119 Å². The Balaban J connectivity index is 1.45. The minimum atomic E-state index is -5.83. The molecule has 4 aliphatic rings. The first kappa shape index (κ1) is 13.8. The Kier molecular flexibility index (Phi) is 2.14. The molecule has 0 heterocycles. The van der Waals surface area contributed by atoms with Gasteiger partial charge in [0.2, 0.25) is 0 Å².